The molecule has 5 heteroatoms. The molecule has 0 bridgehead atoms. The minimum absolute atomic E-state index is 0.104. The normalized spacial score (nSPS) is 18.5. The molecule has 0 aromatic carbocycles. The molecule has 3 rings (SSSR count). The number of carbonyl (C=O) groups excluding carboxylic acids is 2. The molecule has 1 aromatic heterocycles. The van der Waals surface area contributed by atoms with Crippen LogP contribution in [0, 0.1) is 6.92 Å². The van der Waals surface area contributed by atoms with Crippen molar-refractivity contribution in [3.63, 3.8) is 0 Å². The molecule has 2 aliphatic rings. The molecule has 2 N–H and O–H groups in total. The van der Waals surface area contributed by atoms with Gasteiger partial charge >= 0.3 is 0 Å². The number of hydrogen-bond donors (Lipinski definition) is 2. The van der Waals surface area contributed by atoms with Crippen LogP contribution in [0.5, 0.6) is 0 Å². The lowest BCUT2D eigenvalue weighted by Crippen LogP contribution is -2.24. The standard InChI is InChI=1S/C13H14N2O3/c1-6-8(5-16)14-10-9(6)13(18)11(15-3-4-15)7(2)12(10)17/h14,16H,3-5H2,1-2H3. The summed E-state index contributed by atoms with van der Waals surface area (Å²) in [5.41, 5.74) is 3.00. The van der Waals surface area contributed by atoms with Gasteiger partial charge in [-0.15, -0.1) is 0 Å². The molecule has 2 heterocycles. The predicted molar refractivity (Wildman–Crippen MR) is 64.4 cm³/mol. The first-order valence-corrected chi connectivity index (χ1v) is 5.93. The first-order valence-electron chi connectivity index (χ1n) is 5.93. The zero-order valence-corrected chi connectivity index (χ0v) is 10.3. The first-order chi connectivity index (χ1) is 8.56. The Morgan fingerprint density at radius 3 is 2.44 bits per heavy atom. The van der Waals surface area contributed by atoms with Gasteiger partial charge in [0.1, 0.15) is 0 Å². The number of aliphatic hydroxyl groups is 1. The number of carbonyl (C=O) groups is 2. The van der Waals surface area contributed by atoms with Crippen LogP contribution in [0.1, 0.15) is 39.0 Å². The molecule has 18 heavy (non-hydrogen) atoms. The van der Waals surface area contributed by atoms with Gasteiger partial charge in [-0.3, -0.25) is 9.59 Å². The number of hydrogen-bond acceptors (Lipinski definition) is 4. The lowest BCUT2D eigenvalue weighted by molar-refractivity contribution is 0.0958. The predicted octanol–water partition coefficient (Wildman–Crippen LogP) is 0.784. The average molecular weight is 246 g/mol. The maximum atomic E-state index is 12.5. The molecule has 0 saturated carbocycles. The molecular weight excluding hydrogens is 232 g/mol. The van der Waals surface area contributed by atoms with E-state index in [0.717, 1.165) is 13.1 Å². The maximum Gasteiger partial charge on any atom is 0.212 e. The lowest BCUT2D eigenvalue weighted by Gasteiger charge is -2.17. The van der Waals surface area contributed by atoms with Gasteiger partial charge in [0.2, 0.25) is 11.6 Å². The number of ketones is 2. The Morgan fingerprint density at radius 2 is 1.89 bits per heavy atom. The Morgan fingerprint density at radius 1 is 1.22 bits per heavy atom. The van der Waals surface area contributed by atoms with Crippen LogP contribution in [0.2, 0.25) is 0 Å². The average Bonchev–Trinajstić information content (AvgIpc) is 3.10. The molecule has 94 valence electrons. The Kier molecular flexibility index (Phi) is 2.22. The highest BCUT2D eigenvalue weighted by atomic mass is 16.3. The zero-order valence-electron chi connectivity index (χ0n) is 10.3. The summed E-state index contributed by atoms with van der Waals surface area (Å²) in [5.74, 6) is -0.248. The Labute approximate surface area is 104 Å². The Hall–Kier alpha value is -1.88. The molecule has 1 aromatic rings. The molecule has 1 aliphatic carbocycles. The van der Waals surface area contributed by atoms with Gasteiger partial charge in [-0.1, -0.05) is 0 Å². The van der Waals surface area contributed by atoms with Crippen molar-refractivity contribution >= 4 is 11.6 Å². The smallest absolute Gasteiger partial charge is 0.212 e. The highest BCUT2D eigenvalue weighted by Crippen LogP contribution is 2.33. The van der Waals surface area contributed by atoms with Crippen molar-refractivity contribution < 1.29 is 14.7 Å². The number of nitrogens with one attached hydrogen (secondary N) is 1. The molecule has 0 amide bonds. The van der Waals surface area contributed by atoms with Gasteiger partial charge < -0.3 is 15.0 Å². The molecule has 1 saturated heterocycles. The van der Waals surface area contributed by atoms with Crippen LogP contribution >= 0.6 is 0 Å². The van der Waals surface area contributed by atoms with Crippen LogP contribution in [-0.2, 0) is 6.61 Å². The summed E-state index contributed by atoms with van der Waals surface area (Å²) in [6, 6.07) is 0. The molecule has 1 aliphatic heterocycles. The summed E-state index contributed by atoms with van der Waals surface area (Å²) in [5, 5.41) is 9.22. The van der Waals surface area contributed by atoms with E-state index in [1.807, 2.05) is 4.90 Å². The van der Waals surface area contributed by atoms with Crippen LogP contribution in [-0.4, -0.2) is 39.6 Å². The summed E-state index contributed by atoms with van der Waals surface area (Å²) < 4.78 is 0. The highest BCUT2D eigenvalue weighted by Gasteiger charge is 2.39. The van der Waals surface area contributed by atoms with E-state index in [9.17, 15) is 14.7 Å². The molecule has 5 nitrogen and oxygen atoms in total. The summed E-state index contributed by atoms with van der Waals surface area (Å²) >= 11 is 0. The highest BCUT2D eigenvalue weighted by molar-refractivity contribution is 6.26. The SMILES string of the molecule is CC1=C(N2CC2)C(=O)c2c([nH]c(CO)c2C)C1=O. The number of nitrogens with zero attached hydrogens (tertiary/aromatic N) is 1. The maximum absolute atomic E-state index is 12.5. The number of fused-ring (bicyclic) bond motifs is 1. The first kappa shape index (κ1) is 11.2. The van der Waals surface area contributed by atoms with Crippen molar-refractivity contribution in [2.75, 3.05) is 13.1 Å². The quantitative estimate of drug-likeness (QED) is 0.756. The van der Waals surface area contributed by atoms with Crippen molar-refractivity contribution in [2.45, 2.75) is 20.5 Å². The number of allylic oxidation sites excluding steroid dienone is 2. The number of aliphatic hydroxyl groups excluding tert-OH is 1. The van der Waals surface area contributed by atoms with Gasteiger partial charge in [-0.2, -0.15) is 0 Å². The van der Waals surface area contributed by atoms with Crippen molar-refractivity contribution in [1.82, 2.24) is 9.88 Å². The molecule has 0 radical (unpaired) electrons. The van der Waals surface area contributed by atoms with Crippen LogP contribution in [0.15, 0.2) is 11.3 Å². The third-order valence-corrected chi connectivity index (χ3v) is 3.64. The lowest BCUT2D eigenvalue weighted by atomic mass is 9.90. The minimum atomic E-state index is -0.197. The van der Waals surface area contributed by atoms with Gasteiger partial charge in [-0.05, 0) is 19.4 Å². The number of H-pyrrole nitrogens is 1. The van der Waals surface area contributed by atoms with Crippen LogP contribution in [0.3, 0.4) is 0 Å². The van der Waals surface area contributed by atoms with E-state index in [1.165, 1.54) is 0 Å². The summed E-state index contributed by atoms with van der Waals surface area (Å²) in [7, 11) is 0. The fourth-order valence-electron chi connectivity index (χ4n) is 2.50. The van der Waals surface area contributed by atoms with Gasteiger partial charge in [0, 0.05) is 24.4 Å². The largest absolute Gasteiger partial charge is 0.390 e. The second kappa shape index (κ2) is 3.55. The van der Waals surface area contributed by atoms with E-state index in [0.29, 0.717) is 33.8 Å². The molecule has 1 fully saturated rings. The fourth-order valence-corrected chi connectivity index (χ4v) is 2.50. The number of Topliss-reactive ketones (excluding diaryl/α,β-unsaturated/α-hetero) is 2. The van der Waals surface area contributed by atoms with E-state index < -0.39 is 0 Å². The van der Waals surface area contributed by atoms with Crippen molar-refractivity contribution in [3.8, 4) is 0 Å². The summed E-state index contributed by atoms with van der Waals surface area (Å²) in [6.45, 7) is 4.91. The molecule has 0 unspecified atom stereocenters. The minimum Gasteiger partial charge on any atom is -0.390 e. The third kappa shape index (κ3) is 1.31. The monoisotopic (exact) mass is 246 g/mol. The topological polar surface area (TPSA) is 73.2 Å². The Balaban J connectivity index is 2.21. The van der Waals surface area contributed by atoms with Gasteiger partial charge in [0.25, 0.3) is 0 Å². The third-order valence-electron chi connectivity index (χ3n) is 3.64. The number of rotatable bonds is 2. The van der Waals surface area contributed by atoms with Crippen LogP contribution < -0.4 is 0 Å². The van der Waals surface area contributed by atoms with Crippen molar-refractivity contribution in [1.29, 1.82) is 0 Å². The summed E-state index contributed by atoms with van der Waals surface area (Å²) in [6.07, 6.45) is 0. The second-order valence-corrected chi connectivity index (χ2v) is 4.76. The van der Waals surface area contributed by atoms with E-state index in [-0.39, 0.29) is 18.2 Å². The van der Waals surface area contributed by atoms with Gasteiger partial charge in [0.15, 0.2) is 0 Å². The Bertz CT molecular complexity index is 606. The summed E-state index contributed by atoms with van der Waals surface area (Å²) in [4.78, 5) is 29.5. The van der Waals surface area contributed by atoms with E-state index in [4.69, 9.17) is 0 Å². The molecular formula is C13H14N2O3. The fraction of sp³-hybridized carbons (Fsp3) is 0.385. The zero-order chi connectivity index (χ0) is 13.0. The van der Waals surface area contributed by atoms with E-state index in [2.05, 4.69) is 4.98 Å². The van der Waals surface area contributed by atoms with Gasteiger partial charge in [0.05, 0.1) is 23.6 Å². The molecule has 0 atom stereocenters. The van der Waals surface area contributed by atoms with Gasteiger partial charge in [-0.25, -0.2) is 0 Å². The molecule has 0 spiro atoms. The second-order valence-electron chi connectivity index (χ2n) is 4.76. The van der Waals surface area contributed by atoms with E-state index in [1.54, 1.807) is 13.8 Å². The van der Waals surface area contributed by atoms with Crippen molar-refractivity contribution in [2.24, 2.45) is 0 Å². The van der Waals surface area contributed by atoms with Crippen molar-refractivity contribution in [3.05, 3.63) is 33.8 Å². The van der Waals surface area contributed by atoms with Crippen LogP contribution in [0.25, 0.3) is 0 Å². The van der Waals surface area contributed by atoms with Crippen LogP contribution in [0.4, 0.5) is 0 Å². The van der Waals surface area contributed by atoms with E-state index >= 15 is 0 Å². The number of aromatic nitrogens is 1. The number of aromatic amines is 1.